The Bertz CT molecular complexity index is 514. The van der Waals surface area contributed by atoms with Gasteiger partial charge in [0.2, 0.25) is 0 Å². The summed E-state index contributed by atoms with van der Waals surface area (Å²) in [5.41, 5.74) is 9.54. The minimum atomic E-state index is -0.116. The summed E-state index contributed by atoms with van der Waals surface area (Å²) in [6, 6.07) is 6.32. The van der Waals surface area contributed by atoms with E-state index in [2.05, 4.69) is 42.1 Å². The number of rotatable bonds is 3. The molecule has 0 saturated heterocycles. The van der Waals surface area contributed by atoms with Gasteiger partial charge in [-0.05, 0) is 31.9 Å². The van der Waals surface area contributed by atoms with Crippen LogP contribution in [0.2, 0.25) is 0 Å². The number of hydrogen-bond acceptors (Lipinski definition) is 3. The molecule has 1 aromatic heterocycles. The van der Waals surface area contributed by atoms with E-state index in [0.29, 0.717) is 5.82 Å². The molecule has 0 aliphatic rings. The van der Waals surface area contributed by atoms with E-state index < -0.39 is 0 Å². The fraction of sp³-hybridized carbons (Fsp3) is 0.385. The summed E-state index contributed by atoms with van der Waals surface area (Å²) in [6.07, 6.45) is 1.74. The smallest absolute Gasteiger partial charge is 0.166 e. The van der Waals surface area contributed by atoms with E-state index >= 15 is 0 Å². The SMILES string of the molecule is Cc1ccc(C)c(Cn2cnc(C(C)N)n2)c1. The quantitative estimate of drug-likeness (QED) is 0.877. The molecule has 0 fully saturated rings. The number of aromatic nitrogens is 3. The lowest BCUT2D eigenvalue weighted by molar-refractivity contribution is 0.647. The van der Waals surface area contributed by atoms with E-state index in [1.807, 2.05) is 11.6 Å². The molecular weight excluding hydrogens is 212 g/mol. The Morgan fingerprint density at radius 3 is 2.76 bits per heavy atom. The number of aryl methyl sites for hydroxylation is 2. The van der Waals surface area contributed by atoms with Crippen LogP contribution in [0.4, 0.5) is 0 Å². The summed E-state index contributed by atoms with van der Waals surface area (Å²) in [4.78, 5) is 4.19. The second kappa shape index (κ2) is 4.67. The second-order valence-electron chi connectivity index (χ2n) is 4.52. The van der Waals surface area contributed by atoms with Crippen molar-refractivity contribution in [2.75, 3.05) is 0 Å². The molecule has 0 aliphatic carbocycles. The third kappa shape index (κ3) is 2.71. The summed E-state index contributed by atoms with van der Waals surface area (Å²) >= 11 is 0. The molecule has 2 rings (SSSR count). The van der Waals surface area contributed by atoms with Crippen molar-refractivity contribution in [2.45, 2.75) is 33.4 Å². The molecule has 0 bridgehead atoms. The highest BCUT2D eigenvalue weighted by atomic mass is 15.3. The fourth-order valence-electron chi connectivity index (χ4n) is 1.74. The Balaban J connectivity index is 2.22. The van der Waals surface area contributed by atoms with Gasteiger partial charge in [-0.3, -0.25) is 0 Å². The molecule has 1 heterocycles. The topological polar surface area (TPSA) is 56.7 Å². The van der Waals surface area contributed by atoms with Crippen molar-refractivity contribution in [1.82, 2.24) is 14.8 Å². The van der Waals surface area contributed by atoms with Crippen LogP contribution in [0.3, 0.4) is 0 Å². The second-order valence-corrected chi connectivity index (χ2v) is 4.52. The molecule has 1 unspecified atom stereocenters. The van der Waals surface area contributed by atoms with E-state index in [1.165, 1.54) is 16.7 Å². The molecule has 2 aromatic rings. The van der Waals surface area contributed by atoms with Crippen molar-refractivity contribution in [3.63, 3.8) is 0 Å². The maximum absolute atomic E-state index is 5.74. The van der Waals surface area contributed by atoms with Gasteiger partial charge >= 0.3 is 0 Å². The zero-order chi connectivity index (χ0) is 12.4. The first-order valence-corrected chi connectivity index (χ1v) is 5.77. The van der Waals surface area contributed by atoms with Gasteiger partial charge in [0.15, 0.2) is 5.82 Å². The number of nitrogens with zero attached hydrogens (tertiary/aromatic N) is 3. The summed E-state index contributed by atoms with van der Waals surface area (Å²) in [7, 11) is 0. The first-order valence-electron chi connectivity index (χ1n) is 5.77. The molecule has 4 heteroatoms. The van der Waals surface area contributed by atoms with Crippen molar-refractivity contribution in [2.24, 2.45) is 5.73 Å². The van der Waals surface area contributed by atoms with Gasteiger partial charge in [-0.25, -0.2) is 9.67 Å². The summed E-state index contributed by atoms with van der Waals surface area (Å²) in [5, 5.41) is 4.36. The molecule has 0 spiro atoms. The van der Waals surface area contributed by atoms with Crippen molar-refractivity contribution < 1.29 is 0 Å². The average molecular weight is 230 g/mol. The van der Waals surface area contributed by atoms with Gasteiger partial charge in [0.1, 0.15) is 6.33 Å². The maximum Gasteiger partial charge on any atom is 0.166 e. The van der Waals surface area contributed by atoms with Crippen LogP contribution in [-0.4, -0.2) is 14.8 Å². The summed E-state index contributed by atoms with van der Waals surface area (Å²) < 4.78 is 1.83. The van der Waals surface area contributed by atoms with Gasteiger partial charge in [0.25, 0.3) is 0 Å². The van der Waals surface area contributed by atoms with Crippen LogP contribution in [0, 0.1) is 13.8 Å². The normalized spacial score (nSPS) is 12.7. The number of benzene rings is 1. The Morgan fingerprint density at radius 2 is 2.12 bits per heavy atom. The number of nitrogens with two attached hydrogens (primary N) is 1. The standard InChI is InChI=1S/C13H18N4/c1-9-4-5-10(2)12(6-9)7-17-8-15-13(16-17)11(3)14/h4-6,8,11H,7,14H2,1-3H3. The third-order valence-corrected chi connectivity index (χ3v) is 2.80. The van der Waals surface area contributed by atoms with Crippen LogP contribution in [0.1, 0.15) is 35.5 Å². The molecule has 90 valence electrons. The van der Waals surface area contributed by atoms with Crippen molar-refractivity contribution >= 4 is 0 Å². The molecule has 0 saturated carbocycles. The lowest BCUT2D eigenvalue weighted by Gasteiger charge is -2.06. The minimum absolute atomic E-state index is 0.116. The van der Waals surface area contributed by atoms with Crippen LogP contribution in [-0.2, 0) is 6.54 Å². The van der Waals surface area contributed by atoms with Crippen LogP contribution in [0.25, 0.3) is 0 Å². The molecule has 0 amide bonds. The van der Waals surface area contributed by atoms with Crippen LogP contribution in [0.15, 0.2) is 24.5 Å². The molecule has 2 N–H and O–H groups in total. The molecule has 4 nitrogen and oxygen atoms in total. The van der Waals surface area contributed by atoms with Crippen LogP contribution >= 0.6 is 0 Å². The molecule has 1 aromatic carbocycles. The molecular formula is C13H18N4. The summed E-state index contributed by atoms with van der Waals surface area (Å²) in [6.45, 7) is 6.83. The van der Waals surface area contributed by atoms with Gasteiger partial charge in [-0.2, -0.15) is 5.10 Å². The van der Waals surface area contributed by atoms with Crippen molar-refractivity contribution in [3.8, 4) is 0 Å². The maximum atomic E-state index is 5.74. The van der Waals surface area contributed by atoms with Gasteiger partial charge in [-0.1, -0.05) is 23.8 Å². The zero-order valence-corrected chi connectivity index (χ0v) is 10.5. The van der Waals surface area contributed by atoms with Crippen molar-refractivity contribution in [3.05, 3.63) is 47.0 Å². The highest BCUT2D eigenvalue weighted by molar-refractivity contribution is 5.30. The Morgan fingerprint density at radius 1 is 1.35 bits per heavy atom. The largest absolute Gasteiger partial charge is 0.321 e. The average Bonchev–Trinajstić information content (AvgIpc) is 2.72. The van der Waals surface area contributed by atoms with E-state index in [0.717, 1.165) is 6.54 Å². The Labute approximate surface area is 101 Å². The Hall–Kier alpha value is -1.68. The van der Waals surface area contributed by atoms with E-state index in [1.54, 1.807) is 6.33 Å². The van der Waals surface area contributed by atoms with E-state index in [9.17, 15) is 0 Å². The van der Waals surface area contributed by atoms with Crippen LogP contribution in [0.5, 0.6) is 0 Å². The number of hydrogen-bond donors (Lipinski definition) is 1. The molecule has 0 aliphatic heterocycles. The van der Waals surface area contributed by atoms with E-state index in [4.69, 9.17) is 5.73 Å². The first kappa shape index (κ1) is 11.8. The fourth-order valence-corrected chi connectivity index (χ4v) is 1.74. The zero-order valence-electron chi connectivity index (χ0n) is 10.5. The monoisotopic (exact) mass is 230 g/mol. The van der Waals surface area contributed by atoms with Gasteiger partial charge in [0, 0.05) is 0 Å². The highest BCUT2D eigenvalue weighted by Crippen LogP contribution is 2.12. The molecule has 1 atom stereocenters. The van der Waals surface area contributed by atoms with Gasteiger partial charge in [-0.15, -0.1) is 0 Å². The van der Waals surface area contributed by atoms with Gasteiger partial charge < -0.3 is 5.73 Å². The predicted molar refractivity (Wildman–Crippen MR) is 67.6 cm³/mol. The lowest BCUT2D eigenvalue weighted by Crippen LogP contribution is -2.09. The predicted octanol–water partition coefficient (Wildman–Crippen LogP) is 1.96. The van der Waals surface area contributed by atoms with Crippen LogP contribution < -0.4 is 5.73 Å². The minimum Gasteiger partial charge on any atom is -0.321 e. The van der Waals surface area contributed by atoms with E-state index in [-0.39, 0.29) is 6.04 Å². The molecule has 0 radical (unpaired) electrons. The summed E-state index contributed by atoms with van der Waals surface area (Å²) in [5.74, 6) is 0.690. The third-order valence-electron chi connectivity index (χ3n) is 2.80. The highest BCUT2D eigenvalue weighted by Gasteiger charge is 2.06. The molecule has 17 heavy (non-hydrogen) atoms. The van der Waals surface area contributed by atoms with Crippen molar-refractivity contribution in [1.29, 1.82) is 0 Å². The lowest BCUT2D eigenvalue weighted by atomic mass is 10.1. The van der Waals surface area contributed by atoms with Gasteiger partial charge in [0.05, 0.1) is 12.6 Å². The first-order chi connectivity index (χ1) is 8.06. The Kier molecular flexibility index (Phi) is 3.24.